The van der Waals surface area contributed by atoms with Crippen LogP contribution in [-0.4, -0.2) is 30.0 Å². The van der Waals surface area contributed by atoms with E-state index >= 15 is 0 Å². The predicted molar refractivity (Wildman–Crippen MR) is 76.7 cm³/mol. The third-order valence-electron chi connectivity index (χ3n) is 4.40. The zero-order chi connectivity index (χ0) is 13.0. The van der Waals surface area contributed by atoms with Gasteiger partial charge in [-0.3, -0.25) is 4.90 Å². The highest BCUT2D eigenvalue weighted by Crippen LogP contribution is 2.34. The van der Waals surface area contributed by atoms with E-state index in [0.717, 1.165) is 12.4 Å². The van der Waals surface area contributed by atoms with Gasteiger partial charge in [0.1, 0.15) is 5.82 Å². The summed E-state index contributed by atoms with van der Waals surface area (Å²) in [7, 11) is 1.92. The van der Waals surface area contributed by atoms with Crippen LogP contribution >= 0.6 is 0 Å². The third-order valence-corrected chi connectivity index (χ3v) is 4.40. The Bertz CT molecular complexity index is 381. The van der Waals surface area contributed by atoms with Gasteiger partial charge in [0.05, 0.1) is 0 Å². The van der Waals surface area contributed by atoms with Gasteiger partial charge in [-0.25, -0.2) is 4.98 Å². The number of piperidine rings is 1. The normalized spacial score (nSPS) is 19.7. The predicted octanol–water partition coefficient (Wildman–Crippen LogP) is 3.14. The summed E-state index contributed by atoms with van der Waals surface area (Å²) in [6, 6.07) is 4.27. The molecule has 100 valence electrons. The number of anilines is 1. The Kier molecular flexibility index (Phi) is 4.23. The van der Waals surface area contributed by atoms with E-state index < -0.39 is 0 Å². The van der Waals surface area contributed by atoms with Crippen LogP contribution in [0.5, 0.6) is 0 Å². The molecule has 1 aliphatic heterocycles. The van der Waals surface area contributed by atoms with E-state index in [1.54, 1.807) is 0 Å². The molecule has 2 heterocycles. The molecule has 1 saturated heterocycles. The standard InChI is InChI=1S/C15H25N3/c1-4-15(2)6-9-18(10-7-15)12-13-5-8-17-14(11-13)16-3/h5,8,11H,4,6-7,9-10,12H2,1-3H3,(H,16,17). The molecule has 0 spiro atoms. The molecule has 0 saturated carbocycles. The van der Waals surface area contributed by atoms with Crippen molar-refractivity contribution in [2.75, 3.05) is 25.5 Å². The Morgan fingerprint density at radius 3 is 2.72 bits per heavy atom. The van der Waals surface area contributed by atoms with Gasteiger partial charge in [0.2, 0.25) is 0 Å². The molecule has 1 aromatic heterocycles. The summed E-state index contributed by atoms with van der Waals surface area (Å²) in [5, 5.41) is 3.10. The summed E-state index contributed by atoms with van der Waals surface area (Å²) >= 11 is 0. The number of hydrogen-bond acceptors (Lipinski definition) is 3. The Balaban J connectivity index is 1.91. The third kappa shape index (κ3) is 3.22. The second-order valence-corrected chi connectivity index (χ2v) is 5.74. The number of rotatable bonds is 4. The summed E-state index contributed by atoms with van der Waals surface area (Å²) in [5.41, 5.74) is 1.93. The van der Waals surface area contributed by atoms with Crippen LogP contribution in [0, 0.1) is 5.41 Å². The molecule has 1 fully saturated rings. The maximum absolute atomic E-state index is 4.26. The van der Waals surface area contributed by atoms with E-state index in [1.165, 1.54) is 37.9 Å². The Morgan fingerprint density at radius 1 is 1.39 bits per heavy atom. The number of nitrogens with zero attached hydrogens (tertiary/aromatic N) is 2. The molecule has 0 bridgehead atoms. The molecule has 1 aliphatic rings. The Labute approximate surface area is 111 Å². The van der Waals surface area contributed by atoms with Crippen LogP contribution in [0.2, 0.25) is 0 Å². The van der Waals surface area contributed by atoms with Crippen molar-refractivity contribution in [1.29, 1.82) is 0 Å². The number of pyridine rings is 1. The van der Waals surface area contributed by atoms with Gasteiger partial charge < -0.3 is 5.32 Å². The summed E-state index contributed by atoms with van der Waals surface area (Å²) < 4.78 is 0. The van der Waals surface area contributed by atoms with Crippen molar-refractivity contribution in [3.8, 4) is 0 Å². The van der Waals surface area contributed by atoms with Crippen molar-refractivity contribution in [1.82, 2.24) is 9.88 Å². The number of likely N-dealkylation sites (tertiary alicyclic amines) is 1. The average Bonchev–Trinajstić information content (AvgIpc) is 2.42. The highest BCUT2D eigenvalue weighted by Gasteiger charge is 2.27. The van der Waals surface area contributed by atoms with Crippen LogP contribution in [0.4, 0.5) is 5.82 Å². The van der Waals surface area contributed by atoms with Gasteiger partial charge >= 0.3 is 0 Å². The van der Waals surface area contributed by atoms with Crippen LogP contribution < -0.4 is 5.32 Å². The number of hydrogen-bond donors (Lipinski definition) is 1. The van der Waals surface area contributed by atoms with Crippen LogP contribution in [-0.2, 0) is 6.54 Å². The number of nitrogens with one attached hydrogen (secondary N) is 1. The molecule has 0 aliphatic carbocycles. The van der Waals surface area contributed by atoms with Crippen molar-refractivity contribution in [2.24, 2.45) is 5.41 Å². The van der Waals surface area contributed by atoms with Gasteiger partial charge in [-0.05, 0) is 49.0 Å². The quantitative estimate of drug-likeness (QED) is 0.886. The molecule has 18 heavy (non-hydrogen) atoms. The van der Waals surface area contributed by atoms with E-state index in [4.69, 9.17) is 0 Å². The summed E-state index contributed by atoms with van der Waals surface area (Å²) in [5.74, 6) is 0.961. The zero-order valence-electron chi connectivity index (χ0n) is 11.9. The smallest absolute Gasteiger partial charge is 0.125 e. The zero-order valence-corrected chi connectivity index (χ0v) is 11.9. The lowest BCUT2D eigenvalue weighted by molar-refractivity contribution is 0.109. The van der Waals surface area contributed by atoms with Gasteiger partial charge in [0.15, 0.2) is 0 Å². The molecule has 0 unspecified atom stereocenters. The summed E-state index contributed by atoms with van der Waals surface area (Å²) in [6.07, 6.45) is 5.85. The molecule has 0 aromatic carbocycles. The van der Waals surface area contributed by atoms with Gasteiger partial charge in [0, 0.05) is 19.8 Å². The molecule has 0 atom stereocenters. The summed E-state index contributed by atoms with van der Waals surface area (Å²) in [4.78, 5) is 6.82. The molecule has 0 amide bonds. The second-order valence-electron chi connectivity index (χ2n) is 5.74. The first-order valence-corrected chi connectivity index (χ1v) is 7.00. The maximum atomic E-state index is 4.26. The van der Waals surface area contributed by atoms with E-state index in [-0.39, 0.29) is 0 Å². The fourth-order valence-electron chi connectivity index (χ4n) is 2.57. The van der Waals surface area contributed by atoms with Crippen molar-refractivity contribution < 1.29 is 0 Å². The van der Waals surface area contributed by atoms with Gasteiger partial charge in [-0.15, -0.1) is 0 Å². The van der Waals surface area contributed by atoms with Gasteiger partial charge in [-0.1, -0.05) is 20.3 Å². The fraction of sp³-hybridized carbons (Fsp3) is 0.667. The molecule has 2 rings (SSSR count). The lowest BCUT2D eigenvalue weighted by Crippen LogP contribution is -2.37. The average molecular weight is 247 g/mol. The van der Waals surface area contributed by atoms with Crippen LogP contribution in [0.1, 0.15) is 38.7 Å². The Hall–Kier alpha value is -1.09. The highest BCUT2D eigenvalue weighted by atomic mass is 15.1. The van der Waals surface area contributed by atoms with Crippen molar-refractivity contribution in [2.45, 2.75) is 39.7 Å². The minimum atomic E-state index is 0.574. The van der Waals surface area contributed by atoms with E-state index in [0.29, 0.717) is 5.41 Å². The first-order chi connectivity index (χ1) is 8.65. The largest absolute Gasteiger partial charge is 0.373 e. The monoisotopic (exact) mass is 247 g/mol. The maximum Gasteiger partial charge on any atom is 0.125 e. The molecule has 3 nitrogen and oxygen atoms in total. The van der Waals surface area contributed by atoms with Crippen molar-refractivity contribution in [3.63, 3.8) is 0 Å². The lowest BCUT2D eigenvalue weighted by Gasteiger charge is -2.39. The summed E-state index contributed by atoms with van der Waals surface area (Å²) in [6.45, 7) is 8.24. The molecular weight excluding hydrogens is 222 g/mol. The first kappa shape index (κ1) is 13.3. The van der Waals surface area contributed by atoms with E-state index in [1.807, 2.05) is 13.2 Å². The molecule has 1 N–H and O–H groups in total. The lowest BCUT2D eigenvalue weighted by atomic mass is 9.78. The van der Waals surface area contributed by atoms with Crippen molar-refractivity contribution >= 4 is 5.82 Å². The second kappa shape index (κ2) is 5.70. The minimum absolute atomic E-state index is 0.574. The van der Waals surface area contributed by atoms with E-state index in [9.17, 15) is 0 Å². The Morgan fingerprint density at radius 2 is 2.11 bits per heavy atom. The number of aromatic nitrogens is 1. The van der Waals surface area contributed by atoms with Crippen molar-refractivity contribution in [3.05, 3.63) is 23.9 Å². The van der Waals surface area contributed by atoms with Crippen LogP contribution in [0.3, 0.4) is 0 Å². The van der Waals surface area contributed by atoms with Gasteiger partial charge in [-0.2, -0.15) is 0 Å². The topological polar surface area (TPSA) is 28.2 Å². The molecular formula is C15H25N3. The van der Waals surface area contributed by atoms with E-state index in [2.05, 4.69) is 41.2 Å². The molecule has 1 aromatic rings. The first-order valence-electron chi connectivity index (χ1n) is 7.00. The molecule has 3 heteroatoms. The highest BCUT2D eigenvalue weighted by molar-refractivity contribution is 5.36. The van der Waals surface area contributed by atoms with Gasteiger partial charge in [0.25, 0.3) is 0 Å². The SMILES string of the molecule is CCC1(C)CCN(Cc2ccnc(NC)c2)CC1. The molecule has 0 radical (unpaired) electrons. The fourth-order valence-corrected chi connectivity index (χ4v) is 2.57. The van der Waals surface area contributed by atoms with Crippen LogP contribution in [0.15, 0.2) is 18.3 Å². The minimum Gasteiger partial charge on any atom is -0.373 e. The van der Waals surface area contributed by atoms with Crippen LogP contribution in [0.25, 0.3) is 0 Å².